The molecule has 0 aliphatic heterocycles. The maximum absolute atomic E-state index is 11.4. The lowest BCUT2D eigenvalue weighted by Crippen LogP contribution is -2.10. The Bertz CT molecular complexity index is 443. The van der Waals surface area contributed by atoms with Crippen molar-refractivity contribution in [2.75, 3.05) is 5.75 Å². The fourth-order valence-electron chi connectivity index (χ4n) is 1.26. The van der Waals surface area contributed by atoms with Gasteiger partial charge in [0.05, 0.1) is 17.8 Å². The lowest BCUT2D eigenvalue weighted by Gasteiger charge is -2.00. The summed E-state index contributed by atoms with van der Waals surface area (Å²) in [6.07, 6.45) is 1.70. The maximum Gasteiger partial charge on any atom is 0.372 e. The number of sulfone groups is 1. The fourth-order valence-corrected chi connectivity index (χ4v) is 2.72. The average molecular weight is 232 g/mol. The van der Waals surface area contributed by atoms with Crippen LogP contribution in [0.4, 0.5) is 0 Å². The van der Waals surface area contributed by atoms with Gasteiger partial charge in [0.25, 0.3) is 0 Å². The minimum Gasteiger partial charge on any atom is -0.475 e. The monoisotopic (exact) mass is 232 g/mol. The molecular weight excluding hydrogens is 220 g/mol. The third-order valence-corrected chi connectivity index (χ3v) is 3.61. The van der Waals surface area contributed by atoms with E-state index in [0.29, 0.717) is 6.42 Å². The van der Waals surface area contributed by atoms with Crippen molar-refractivity contribution in [1.29, 1.82) is 0 Å². The summed E-state index contributed by atoms with van der Waals surface area (Å²) in [6.45, 7) is 1.75. The summed E-state index contributed by atoms with van der Waals surface area (Å²) in [7, 11) is -3.23. The van der Waals surface area contributed by atoms with Crippen LogP contribution in [0.15, 0.2) is 16.7 Å². The molecule has 0 unspecified atom stereocenters. The smallest absolute Gasteiger partial charge is 0.372 e. The fraction of sp³-hybridized carbons (Fsp3) is 0.444. The molecule has 0 bridgehead atoms. The molecule has 1 heterocycles. The predicted octanol–water partition coefficient (Wildman–Crippen LogP) is 1.30. The molecule has 15 heavy (non-hydrogen) atoms. The zero-order valence-electron chi connectivity index (χ0n) is 8.26. The summed E-state index contributed by atoms with van der Waals surface area (Å²) in [5, 5.41) is 8.69. The lowest BCUT2D eigenvalue weighted by atomic mass is 10.3. The van der Waals surface area contributed by atoms with Gasteiger partial charge in [-0.15, -0.1) is 0 Å². The molecule has 0 aliphatic rings. The van der Waals surface area contributed by atoms with Crippen molar-refractivity contribution in [3.63, 3.8) is 0 Å². The van der Waals surface area contributed by atoms with E-state index in [9.17, 15) is 13.2 Å². The number of carboxylic acid groups (broad SMARTS) is 1. The summed E-state index contributed by atoms with van der Waals surface area (Å²) in [5.74, 6) is -1.77. The van der Waals surface area contributed by atoms with E-state index in [1.807, 2.05) is 0 Å². The quantitative estimate of drug-likeness (QED) is 0.827. The topological polar surface area (TPSA) is 84.6 Å². The average Bonchev–Trinajstić information content (AvgIpc) is 2.50. The molecular formula is C9H12O5S. The highest BCUT2D eigenvalue weighted by atomic mass is 32.2. The largest absolute Gasteiger partial charge is 0.475 e. The van der Waals surface area contributed by atoms with Crippen LogP contribution in [0.25, 0.3) is 0 Å². The second-order valence-electron chi connectivity index (χ2n) is 3.17. The van der Waals surface area contributed by atoms with Crippen LogP contribution in [-0.4, -0.2) is 25.2 Å². The van der Waals surface area contributed by atoms with Crippen LogP contribution in [0.5, 0.6) is 0 Å². The third-order valence-electron chi connectivity index (χ3n) is 1.83. The molecule has 0 aromatic carbocycles. The highest BCUT2D eigenvalue weighted by Crippen LogP contribution is 2.14. The van der Waals surface area contributed by atoms with Gasteiger partial charge in [0.15, 0.2) is 9.84 Å². The normalized spacial score (nSPS) is 11.5. The van der Waals surface area contributed by atoms with Gasteiger partial charge in [0.2, 0.25) is 5.76 Å². The molecule has 84 valence electrons. The first-order valence-corrected chi connectivity index (χ1v) is 6.28. The molecule has 6 heteroatoms. The van der Waals surface area contributed by atoms with Gasteiger partial charge in [-0.3, -0.25) is 0 Å². The predicted molar refractivity (Wildman–Crippen MR) is 53.4 cm³/mol. The van der Waals surface area contributed by atoms with Crippen LogP contribution in [0.2, 0.25) is 0 Å². The molecule has 1 aromatic rings. The molecule has 0 fully saturated rings. The van der Waals surface area contributed by atoms with E-state index in [0.717, 1.165) is 0 Å². The Morgan fingerprint density at radius 2 is 2.20 bits per heavy atom. The number of hydrogen-bond acceptors (Lipinski definition) is 4. The van der Waals surface area contributed by atoms with Crippen molar-refractivity contribution in [2.45, 2.75) is 19.1 Å². The Kier molecular flexibility index (Phi) is 3.52. The molecule has 0 saturated heterocycles. The lowest BCUT2D eigenvalue weighted by molar-refractivity contribution is 0.0661. The molecule has 5 nitrogen and oxygen atoms in total. The number of carbonyl (C=O) groups is 1. The summed E-state index contributed by atoms with van der Waals surface area (Å²) in [5.41, 5.74) is 0.205. The first-order valence-electron chi connectivity index (χ1n) is 4.46. The summed E-state index contributed by atoms with van der Waals surface area (Å²) >= 11 is 0. The first kappa shape index (κ1) is 11.8. The second-order valence-corrected chi connectivity index (χ2v) is 5.36. The van der Waals surface area contributed by atoms with Crippen molar-refractivity contribution >= 4 is 15.8 Å². The third kappa shape index (κ3) is 3.09. The second kappa shape index (κ2) is 4.48. The number of carboxylic acids is 1. The Hall–Kier alpha value is -1.30. The molecule has 0 radical (unpaired) electrons. The van der Waals surface area contributed by atoms with Crippen molar-refractivity contribution < 1.29 is 22.7 Å². The molecule has 1 rings (SSSR count). The van der Waals surface area contributed by atoms with E-state index >= 15 is 0 Å². The van der Waals surface area contributed by atoms with Gasteiger partial charge in [0, 0.05) is 5.56 Å². The summed E-state index contributed by atoms with van der Waals surface area (Å²) < 4.78 is 27.6. The highest BCUT2D eigenvalue weighted by Gasteiger charge is 2.19. The van der Waals surface area contributed by atoms with Gasteiger partial charge in [-0.1, -0.05) is 6.92 Å². The van der Waals surface area contributed by atoms with Gasteiger partial charge in [-0.05, 0) is 12.5 Å². The van der Waals surface area contributed by atoms with Gasteiger partial charge in [0.1, 0.15) is 0 Å². The Morgan fingerprint density at radius 1 is 1.53 bits per heavy atom. The Morgan fingerprint density at radius 3 is 2.73 bits per heavy atom. The number of furan rings is 1. The van der Waals surface area contributed by atoms with Gasteiger partial charge < -0.3 is 9.52 Å². The standard InChI is InChI=1S/C9H12O5S/c1-2-5-15(12,13)6-7-3-4-14-8(7)9(10)11/h3-4H,2,5-6H2,1H3,(H,10,11). The minimum absolute atomic E-state index is 0.0528. The van der Waals surface area contributed by atoms with Crippen LogP contribution in [0.3, 0.4) is 0 Å². The van der Waals surface area contributed by atoms with Crippen LogP contribution < -0.4 is 0 Å². The summed E-state index contributed by atoms with van der Waals surface area (Å²) in [6, 6.07) is 1.37. The van der Waals surface area contributed by atoms with E-state index < -0.39 is 15.8 Å². The molecule has 0 atom stereocenters. The molecule has 1 N–H and O–H groups in total. The highest BCUT2D eigenvalue weighted by molar-refractivity contribution is 7.90. The van der Waals surface area contributed by atoms with Crippen molar-refractivity contribution in [3.8, 4) is 0 Å². The molecule has 0 aliphatic carbocycles. The van der Waals surface area contributed by atoms with Crippen LogP contribution in [-0.2, 0) is 15.6 Å². The van der Waals surface area contributed by atoms with E-state index in [-0.39, 0.29) is 22.8 Å². The first-order chi connectivity index (χ1) is 6.96. The van der Waals surface area contributed by atoms with E-state index in [4.69, 9.17) is 5.11 Å². The van der Waals surface area contributed by atoms with Crippen LogP contribution >= 0.6 is 0 Å². The van der Waals surface area contributed by atoms with Gasteiger partial charge in [-0.2, -0.15) is 0 Å². The number of hydrogen-bond donors (Lipinski definition) is 1. The van der Waals surface area contributed by atoms with E-state index in [2.05, 4.69) is 4.42 Å². The molecule has 0 spiro atoms. The zero-order valence-corrected chi connectivity index (χ0v) is 9.08. The summed E-state index contributed by atoms with van der Waals surface area (Å²) in [4.78, 5) is 10.6. The number of aromatic carboxylic acids is 1. The Labute approximate surface area is 87.6 Å². The Balaban J connectivity index is 2.90. The van der Waals surface area contributed by atoms with E-state index in [1.54, 1.807) is 6.92 Å². The van der Waals surface area contributed by atoms with Crippen LogP contribution in [0.1, 0.15) is 29.5 Å². The van der Waals surface area contributed by atoms with E-state index in [1.165, 1.54) is 12.3 Å². The van der Waals surface area contributed by atoms with Crippen molar-refractivity contribution in [2.24, 2.45) is 0 Å². The van der Waals surface area contributed by atoms with Gasteiger partial charge in [-0.25, -0.2) is 13.2 Å². The molecule has 0 amide bonds. The molecule has 0 saturated carbocycles. The SMILES string of the molecule is CCCS(=O)(=O)Cc1ccoc1C(=O)O. The molecule has 1 aromatic heterocycles. The van der Waals surface area contributed by atoms with Crippen molar-refractivity contribution in [3.05, 3.63) is 23.7 Å². The van der Waals surface area contributed by atoms with Crippen molar-refractivity contribution in [1.82, 2.24) is 0 Å². The zero-order chi connectivity index (χ0) is 11.5. The maximum atomic E-state index is 11.4. The number of rotatable bonds is 5. The van der Waals surface area contributed by atoms with Gasteiger partial charge >= 0.3 is 5.97 Å². The van der Waals surface area contributed by atoms with Crippen LogP contribution in [0, 0.1) is 0 Å². The minimum atomic E-state index is -3.23.